The van der Waals surface area contributed by atoms with Gasteiger partial charge in [-0.05, 0) is 36.4 Å². The second-order valence-electron chi connectivity index (χ2n) is 6.45. The zero-order valence-corrected chi connectivity index (χ0v) is 14.0. The molecule has 1 fully saturated rings. The summed E-state index contributed by atoms with van der Waals surface area (Å²) in [6.45, 7) is 1.71. The smallest absolute Gasteiger partial charge is 0.220 e. The standard InChI is InChI=1S/C18H26N2O.ClH/c21-18(10-9-14-5-1-2-6-14)20-13-17-16-8-4-3-7-15(16)11-12-19-17;/h3-4,7-8,14,17,19H,1-2,5-6,9-13H2,(H,20,21);1H. The summed E-state index contributed by atoms with van der Waals surface area (Å²) in [6, 6.07) is 8.83. The van der Waals surface area contributed by atoms with Crippen molar-refractivity contribution in [2.45, 2.75) is 51.0 Å². The summed E-state index contributed by atoms with van der Waals surface area (Å²) in [6.07, 6.45) is 8.21. The number of rotatable bonds is 5. The molecule has 0 radical (unpaired) electrons. The second-order valence-corrected chi connectivity index (χ2v) is 6.45. The zero-order valence-electron chi connectivity index (χ0n) is 13.1. The molecule has 1 aromatic carbocycles. The first kappa shape index (κ1) is 17.3. The third-order valence-corrected chi connectivity index (χ3v) is 4.97. The maximum absolute atomic E-state index is 12.0. The molecule has 1 aliphatic heterocycles. The van der Waals surface area contributed by atoms with Crippen LogP contribution in [0.15, 0.2) is 24.3 Å². The molecule has 0 bridgehead atoms. The lowest BCUT2D eigenvalue weighted by Crippen LogP contribution is -2.38. The Hall–Kier alpha value is -1.06. The van der Waals surface area contributed by atoms with E-state index in [9.17, 15) is 4.79 Å². The first-order valence-electron chi connectivity index (χ1n) is 8.41. The molecule has 22 heavy (non-hydrogen) atoms. The van der Waals surface area contributed by atoms with Gasteiger partial charge >= 0.3 is 0 Å². The Balaban J connectivity index is 0.00000176. The largest absolute Gasteiger partial charge is 0.354 e. The van der Waals surface area contributed by atoms with Crippen molar-refractivity contribution in [2.24, 2.45) is 5.92 Å². The van der Waals surface area contributed by atoms with Crippen molar-refractivity contribution in [3.63, 3.8) is 0 Å². The van der Waals surface area contributed by atoms with E-state index in [1.165, 1.54) is 36.8 Å². The summed E-state index contributed by atoms with van der Waals surface area (Å²) in [4.78, 5) is 12.0. The van der Waals surface area contributed by atoms with E-state index in [0.717, 1.165) is 25.3 Å². The van der Waals surface area contributed by atoms with Crippen molar-refractivity contribution in [1.29, 1.82) is 0 Å². The van der Waals surface area contributed by atoms with E-state index in [-0.39, 0.29) is 24.4 Å². The molecule has 1 atom stereocenters. The highest BCUT2D eigenvalue weighted by Crippen LogP contribution is 2.28. The van der Waals surface area contributed by atoms with Crippen LogP contribution >= 0.6 is 12.4 Å². The molecule has 1 saturated carbocycles. The van der Waals surface area contributed by atoms with Gasteiger partial charge in [-0.1, -0.05) is 49.9 Å². The summed E-state index contributed by atoms with van der Waals surface area (Å²) < 4.78 is 0. The van der Waals surface area contributed by atoms with Crippen molar-refractivity contribution < 1.29 is 4.79 Å². The molecule has 1 unspecified atom stereocenters. The Kier molecular flexibility index (Phi) is 6.71. The van der Waals surface area contributed by atoms with Crippen LogP contribution in [0.1, 0.15) is 55.7 Å². The molecule has 122 valence electrons. The van der Waals surface area contributed by atoms with Crippen molar-refractivity contribution in [1.82, 2.24) is 10.6 Å². The number of fused-ring (bicyclic) bond motifs is 1. The molecule has 0 aromatic heterocycles. The summed E-state index contributed by atoms with van der Waals surface area (Å²) in [5.41, 5.74) is 2.77. The van der Waals surface area contributed by atoms with E-state index in [1.54, 1.807) is 0 Å². The molecule has 1 amide bonds. The van der Waals surface area contributed by atoms with Crippen LogP contribution in [-0.4, -0.2) is 19.0 Å². The van der Waals surface area contributed by atoms with Crippen LogP contribution < -0.4 is 10.6 Å². The van der Waals surface area contributed by atoms with Crippen molar-refractivity contribution >= 4 is 18.3 Å². The van der Waals surface area contributed by atoms with Crippen molar-refractivity contribution in [3.05, 3.63) is 35.4 Å². The summed E-state index contributed by atoms with van der Waals surface area (Å²) in [7, 11) is 0. The molecule has 2 aliphatic rings. The third-order valence-electron chi connectivity index (χ3n) is 4.97. The van der Waals surface area contributed by atoms with E-state index in [1.807, 2.05) is 0 Å². The van der Waals surface area contributed by atoms with Gasteiger partial charge in [0.15, 0.2) is 0 Å². The van der Waals surface area contributed by atoms with Crippen LogP contribution in [0.5, 0.6) is 0 Å². The van der Waals surface area contributed by atoms with Gasteiger partial charge in [0, 0.05) is 19.0 Å². The summed E-state index contributed by atoms with van der Waals surface area (Å²) in [5.74, 6) is 1.01. The Morgan fingerprint density at radius 3 is 2.82 bits per heavy atom. The number of nitrogens with one attached hydrogen (secondary N) is 2. The van der Waals surface area contributed by atoms with Crippen LogP contribution in [0.25, 0.3) is 0 Å². The first-order valence-corrected chi connectivity index (χ1v) is 8.41. The second kappa shape index (κ2) is 8.54. The molecule has 3 rings (SSSR count). The van der Waals surface area contributed by atoms with Crippen molar-refractivity contribution in [3.8, 4) is 0 Å². The Morgan fingerprint density at radius 1 is 1.23 bits per heavy atom. The average Bonchev–Trinajstić information content (AvgIpc) is 3.04. The Bertz CT molecular complexity index is 486. The molecule has 2 N–H and O–H groups in total. The van der Waals surface area contributed by atoms with E-state index in [2.05, 4.69) is 34.9 Å². The van der Waals surface area contributed by atoms with Crippen molar-refractivity contribution in [2.75, 3.05) is 13.1 Å². The van der Waals surface area contributed by atoms with Gasteiger partial charge in [-0.25, -0.2) is 0 Å². The predicted octanol–water partition coefficient (Wildman–Crippen LogP) is 3.38. The maximum atomic E-state index is 12.0. The van der Waals surface area contributed by atoms with E-state index in [0.29, 0.717) is 13.0 Å². The maximum Gasteiger partial charge on any atom is 0.220 e. The lowest BCUT2D eigenvalue weighted by atomic mass is 9.94. The SMILES string of the molecule is Cl.O=C(CCC1CCCC1)NCC1NCCc2ccccc21. The first-order chi connectivity index (χ1) is 10.3. The lowest BCUT2D eigenvalue weighted by molar-refractivity contribution is -0.121. The highest BCUT2D eigenvalue weighted by atomic mass is 35.5. The van der Waals surface area contributed by atoms with E-state index in [4.69, 9.17) is 0 Å². The molecule has 1 heterocycles. The monoisotopic (exact) mass is 322 g/mol. The number of amides is 1. The number of hydrogen-bond donors (Lipinski definition) is 2. The van der Waals surface area contributed by atoms with Crippen LogP contribution in [-0.2, 0) is 11.2 Å². The highest BCUT2D eigenvalue weighted by Gasteiger charge is 2.20. The molecule has 0 saturated heterocycles. The van der Waals surface area contributed by atoms with Gasteiger partial charge in [0.1, 0.15) is 0 Å². The molecule has 3 nitrogen and oxygen atoms in total. The van der Waals surface area contributed by atoms with Gasteiger partial charge in [-0.2, -0.15) is 0 Å². The lowest BCUT2D eigenvalue weighted by Gasteiger charge is -2.27. The normalized spacial score (nSPS) is 21.0. The fourth-order valence-electron chi connectivity index (χ4n) is 3.71. The fourth-order valence-corrected chi connectivity index (χ4v) is 3.71. The molecule has 4 heteroatoms. The van der Waals surface area contributed by atoms with E-state index >= 15 is 0 Å². The molecule has 1 aliphatic carbocycles. The minimum atomic E-state index is 0. The Labute approximate surface area is 139 Å². The van der Waals surface area contributed by atoms with Gasteiger partial charge in [-0.15, -0.1) is 12.4 Å². The highest BCUT2D eigenvalue weighted by molar-refractivity contribution is 5.85. The fraction of sp³-hybridized carbons (Fsp3) is 0.611. The van der Waals surface area contributed by atoms with Gasteiger partial charge < -0.3 is 10.6 Å². The zero-order chi connectivity index (χ0) is 14.5. The quantitative estimate of drug-likeness (QED) is 0.872. The minimum absolute atomic E-state index is 0. The number of hydrogen-bond acceptors (Lipinski definition) is 2. The predicted molar refractivity (Wildman–Crippen MR) is 92.3 cm³/mol. The Morgan fingerprint density at radius 2 is 2.00 bits per heavy atom. The average molecular weight is 323 g/mol. The summed E-state index contributed by atoms with van der Waals surface area (Å²) >= 11 is 0. The van der Waals surface area contributed by atoms with Gasteiger partial charge in [0.05, 0.1) is 0 Å². The molecular formula is C18H27ClN2O. The van der Waals surface area contributed by atoms with E-state index < -0.39 is 0 Å². The molecule has 1 aromatic rings. The van der Waals surface area contributed by atoms with Gasteiger partial charge in [0.25, 0.3) is 0 Å². The van der Waals surface area contributed by atoms with Gasteiger partial charge in [-0.3, -0.25) is 4.79 Å². The van der Waals surface area contributed by atoms with Gasteiger partial charge in [0.2, 0.25) is 5.91 Å². The number of carbonyl (C=O) groups is 1. The number of halogens is 1. The van der Waals surface area contributed by atoms with Crippen LogP contribution in [0.4, 0.5) is 0 Å². The molecular weight excluding hydrogens is 296 g/mol. The van der Waals surface area contributed by atoms with Crippen LogP contribution in [0.2, 0.25) is 0 Å². The topological polar surface area (TPSA) is 41.1 Å². The number of carbonyl (C=O) groups excluding carboxylic acids is 1. The van der Waals surface area contributed by atoms with Crippen LogP contribution in [0.3, 0.4) is 0 Å². The van der Waals surface area contributed by atoms with Crippen LogP contribution in [0, 0.1) is 5.92 Å². The number of benzene rings is 1. The summed E-state index contributed by atoms with van der Waals surface area (Å²) in [5, 5.41) is 6.63. The third kappa shape index (κ3) is 4.47. The minimum Gasteiger partial charge on any atom is -0.354 e. The molecule has 0 spiro atoms.